The van der Waals surface area contributed by atoms with E-state index in [1.165, 1.54) is 6.42 Å². The molecule has 0 spiro atoms. The van der Waals surface area contributed by atoms with Crippen LogP contribution in [-0.4, -0.2) is 29.7 Å². The van der Waals surface area contributed by atoms with Crippen LogP contribution in [0.25, 0.3) is 0 Å². The molecule has 0 saturated carbocycles. The molecule has 2 aliphatic rings. The first-order valence-electron chi connectivity index (χ1n) is 9.98. The maximum atomic E-state index is 13.1. The number of hydrazone groups is 1. The Balaban J connectivity index is 1.67. The summed E-state index contributed by atoms with van der Waals surface area (Å²) in [6.07, 6.45) is 3.41. The third-order valence-corrected chi connectivity index (χ3v) is 6.07. The lowest BCUT2D eigenvalue weighted by molar-refractivity contribution is -0.120. The lowest BCUT2D eigenvalue weighted by Crippen LogP contribution is -2.48. The first-order valence-corrected chi connectivity index (χ1v) is 10.7. The van der Waals surface area contributed by atoms with E-state index in [0.717, 1.165) is 37.2 Å². The summed E-state index contributed by atoms with van der Waals surface area (Å²) >= 11 is 12.6. The van der Waals surface area contributed by atoms with Gasteiger partial charge in [-0.15, -0.1) is 0 Å². The van der Waals surface area contributed by atoms with Crippen LogP contribution >= 0.6 is 23.2 Å². The van der Waals surface area contributed by atoms with Crippen molar-refractivity contribution in [2.75, 3.05) is 18.1 Å². The quantitative estimate of drug-likeness (QED) is 0.736. The van der Waals surface area contributed by atoms with Gasteiger partial charge in [-0.05, 0) is 36.6 Å². The van der Waals surface area contributed by atoms with Crippen molar-refractivity contribution in [2.24, 2.45) is 11.0 Å². The Kier molecular flexibility index (Phi) is 6.09. The Bertz CT molecular complexity index is 912. The van der Waals surface area contributed by atoms with Gasteiger partial charge in [-0.1, -0.05) is 66.9 Å². The molecule has 1 saturated heterocycles. The lowest BCUT2D eigenvalue weighted by atomic mass is 9.91. The zero-order valence-corrected chi connectivity index (χ0v) is 17.8. The summed E-state index contributed by atoms with van der Waals surface area (Å²) in [4.78, 5) is 13.1. The van der Waals surface area contributed by atoms with E-state index in [-0.39, 0.29) is 17.9 Å². The molecule has 1 fully saturated rings. The molecule has 2 aliphatic heterocycles. The van der Waals surface area contributed by atoms with Crippen molar-refractivity contribution in [3.63, 3.8) is 0 Å². The fraction of sp³-hybridized carbons (Fsp3) is 0.364. The van der Waals surface area contributed by atoms with E-state index in [4.69, 9.17) is 28.3 Å². The normalized spacial score (nSPS) is 22.4. The summed E-state index contributed by atoms with van der Waals surface area (Å²) in [5.41, 5.74) is 5.36. The van der Waals surface area contributed by atoms with E-state index < -0.39 is 0 Å². The molecule has 29 heavy (non-hydrogen) atoms. The summed E-state index contributed by atoms with van der Waals surface area (Å²) in [5, 5.41) is 9.66. The number of anilines is 1. The molecular formula is C22H24Cl2N4O. The molecule has 2 aromatic rings. The van der Waals surface area contributed by atoms with Crippen molar-refractivity contribution in [1.82, 2.24) is 10.4 Å². The number of nitrogens with zero attached hydrogens (tertiary/aromatic N) is 3. The van der Waals surface area contributed by atoms with E-state index in [2.05, 4.69) is 17.6 Å². The Labute approximate surface area is 181 Å². The number of piperidine rings is 1. The molecule has 2 atom stereocenters. The van der Waals surface area contributed by atoms with Crippen LogP contribution in [0.2, 0.25) is 10.0 Å². The van der Waals surface area contributed by atoms with Crippen molar-refractivity contribution in [1.29, 1.82) is 0 Å². The molecule has 2 aromatic carbocycles. The maximum Gasteiger partial charge on any atom is 0.282 e. The predicted octanol–water partition coefficient (Wildman–Crippen LogP) is 5.06. The van der Waals surface area contributed by atoms with Crippen LogP contribution in [0.5, 0.6) is 0 Å². The van der Waals surface area contributed by atoms with Crippen molar-refractivity contribution < 1.29 is 4.79 Å². The Hall–Kier alpha value is -2.08. The first kappa shape index (κ1) is 20.2. The molecule has 1 N–H and O–H groups in total. The van der Waals surface area contributed by atoms with Crippen LogP contribution < -0.4 is 10.4 Å². The summed E-state index contributed by atoms with van der Waals surface area (Å²) in [7, 11) is 0. The highest BCUT2D eigenvalue weighted by atomic mass is 35.5. The van der Waals surface area contributed by atoms with Gasteiger partial charge in [0.2, 0.25) is 0 Å². The maximum absolute atomic E-state index is 13.1. The van der Waals surface area contributed by atoms with E-state index in [9.17, 15) is 4.79 Å². The van der Waals surface area contributed by atoms with Gasteiger partial charge in [0.25, 0.3) is 5.91 Å². The minimum atomic E-state index is -0.145. The molecule has 2 heterocycles. The third kappa shape index (κ3) is 4.27. The van der Waals surface area contributed by atoms with Crippen LogP contribution in [0.3, 0.4) is 0 Å². The Morgan fingerprint density at radius 2 is 1.79 bits per heavy atom. The highest BCUT2D eigenvalue weighted by Crippen LogP contribution is 2.42. The van der Waals surface area contributed by atoms with E-state index in [0.29, 0.717) is 15.8 Å². The van der Waals surface area contributed by atoms with Gasteiger partial charge >= 0.3 is 0 Å². The fourth-order valence-corrected chi connectivity index (χ4v) is 4.54. The molecule has 152 valence electrons. The van der Waals surface area contributed by atoms with Crippen LogP contribution in [0.4, 0.5) is 5.69 Å². The number of rotatable bonds is 4. The van der Waals surface area contributed by atoms with Crippen LogP contribution in [-0.2, 0) is 4.79 Å². The largest absolute Gasteiger partial charge is 0.284 e. The number of carbonyl (C=O) groups is 1. The molecule has 7 heteroatoms. The van der Waals surface area contributed by atoms with E-state index in [1.807, 2.05) is 41.2 Å². The number of hydrogen-bond donors (Lipinski definition) is 1. The van der Waals surface area contributed by atoms with E-state index in [1.54, 1.807) is 12.1 Å². The van der Waals surface area contributed by atoms with Gasteiger partial charge < -0.3 is 0 Å². The molecule has 0 unspecified atom stereocenters. The number of hydrogen-bond acceptors (Lipinski definition) is 4. The zero-order chi connectivity index (χ0) is 20.4. The van der Waals surface area contributed by atoms with Crippen LogP contribution in [0, 0.1) is 5.92 Å². The molecular weight excluding hydrogens is 407 g/mol. The SMILES string of the molecule is C[C@@H]1C(C(=O)NN2CCCCC2)=NN(c2ccc(Cl)cc2Cl)[C@H]1c1ccccc1. The number of benzene rings is 2. The second-order valence-corrected chi connectivity index (χ2v) is 8.40. The number of hydrazine groups is 1. The average molecular weight is 431 g/mol. The van der Waals surface area contributed by atoms with Crippen molar-refractivity contribution in [3.05, 3.63) is 64.1 Å². The summed E-state index contributed by atoms with van der Waals surface area (Å²) < 4.78 is 0. The minimum Gasteiger partial charge on any atom is -0.284 e. The molecule has 5 nitrogen and oxygen atoms in total. The monoisotopic (exact) mass is 430 g/mol. The second kappa shape index (κ2) is 8.74. The molecule has 1 amide bonds. The van der Waals surface area contributed by atoms with Gasteiger partial charge in [-0.3, -0.25) is 15.2 Å². The standard InChI is InChI=1S/C22H24Cl2N4O/c1-15-20(22(29)26-27-12-6-3-7-13-27)25-28(19-11-10-17(23)14-18(19)24)21(15)16-8-4-2-5-9-16/h2,4-5,8-11,14-15,21H,3,6-7,12-13H2,1H3,(H,26,29)/t15-,21-/m1/s1. The summed E-state index contributed by atoms with van der Waals surface area (Å²) in [6, 6.07) is 15.3. The van der Waals surface area contributed by atoms with Gasteiger partial charge in [0.05, 0.1) is 16.8 Å². The average Bonchev–Trinajstić information content (AvgIpc) is 3.06. The zero-order valence-electron chi connectivity index (χ0n) is 16.3. The van der Waals surface area contributed by atoms with Crippen molar-refractivity contribution in [2.45, 2.75) is 32.2 Å². The first-order chi connectivity index (χ1) is 14.0. The summed E-state index contributed by atoms with van der Waals surface area (Å²) in [6.45, 7) is 3.79. The third-order valence-electron chi connectivity index (χ3n) is 5.53. The van der Waals surface area contributed by atoms with Gasteiger partial charge in [0.15, 0.2) is 0 Å². The van der Waals surface area contributed by atoms with Gasteiger partial charge in [-0.25, -0.2) is 5.01 Å². The molecule has 4 rings (SSSR count). The van der Waals surface area contributed by atoms with E-state index >= 15 is 0 Å². The minimum absolute atomic E-state index is 0.103. The predicted molar refractivity (Wildman–Crippen MR) is 118 cm³/mol. The smallest absolute Gasteiger partial charge is 0.282 e. The highest BCUT2D eigenvalue weighted by molar-refractivity contribution is 6.41. The topological polar surface area (TPSA) is 47.9 Å². The second-order valence-electron chi connectivity index (χ2n) is 7.56. The molecule has 0 aliphatic carbocycles. The van der Waals surface area contributed by atoms with Gasteiger partial charge in [0.1, 0.15) is 5.71 Å². The van der Waals surface area contributed by atoms with Crippen LogP contribution in [0.15, 0.2) is 53.6 Å². The number of amides is 1. The van der Waals surface area contributed by atoms with Gasteiger partial charge in [-0.2, -0.15) is 5.10 Å². The number of halogens is 2. The van der Waals surface area contributed by atoms with Crippen LogP contribution in [0.1, 0.15) is 37.8 Å². The molecule has 0 aromatic heterocycles. The number of nitrogens with one attached hydrogen (secondary N) is 1. The molecule has 0 radical (unpaired) electrons. The fourth-order valence-electron chi connectivity index (χ4n) is 4.04. The van der Waals surface area contributed by atoms with Crippen molar-refractivity contribution >= 4 is 40.5 Å². The summed E-state index contributed by atoms with van der Waals surface area (Å²) in [5.74, 6) is -0.248. The highest BCUT2D eigenvalue weighted by Gasteiger charge is 2.40. The Morgan fingerprint density at radius 1 is 1.07 bits per heavy atom. The lowest BCUT2D eigenvalue weighted by Gasteiger charge is -2.28. The van der Waals surface area contributed by atoms with Crippen molar-refractivity contribution in [3.8, 4) is 0 Å². The molecule has 0 bridgehead atoms. The number of carbonyl (C=O) groups excluding carboxylic acids is 1. The van der Waals surface area contributed by atoms with Gasteiger partial charge in [0, 0.05) is 24.0 Å². The Morgan fingerprint density at radius 3 is 2.48 bits per heavy atom.